The van der Waals surface area contributed by atoms with Gasteiger partial charge in [0.15, 0.2) is 0 Å². The summed E-state index contributed by atoms with van der Waals surface area (Å²) in [6.45, 7) is 0.0801. The molecule has 2 aromatic rings. The number of carbonyl (C=O) groups excluding carboxylic acids is 2. The Kier molecular flexibility index (Phi) is 5.34. The number of imide groups is 1. The highest BCUT2D eigenvalue weighted by atomic mass is 19.4. The lowest BCUT2D eigenvalue weighted by Gasteiger charge is -2.20. The van der Waals surface area contributed by atoms with Crippen LogP contribution in [-0.2, 0) is 22.4 Å². The van der Waals surface area contributed by atoms with Crippen LogP contribution < -0.4 is 4.74 Å². The minimum absolute atomic E-state index is 0.0801. The second-order valence-corrected chi connectivity index (χ2v) is 6.06. The van der Waals surface area contributed by atoms with Gasteiger partial charge in [-0.05, 0) is 29.7 Å². The third-order valence-electron chi connectivity index (χ3n) is 4.03. The van der Waals surface area contributed by atoms with Gasteiger partial charge in [0.25, 0.3) is 0 Å². The van der Waals surface area contributed by atoms with Crippen LogP contribution in [0.4, 0.5) is 18.0 Å². The SMILES string of the molecule is O=C(Cc1cccc(OC(F)(F)F)c1)N1C(=O)OCC1Cc1ccccc1. The van der Waals surface area contributed by atoms with E-state index >= 15 is 0 Å². The zero-order chi connectivity index (χ0) is 19.4. The van der Waals surface area contributed by atoms with Crippen molar-refractivity contribution in [2.45, 2.75) is 25.2 Å². The standard InChI is InChI=1S/C19H16F3NO4/c20-19(21,22)27-16-8-4-7-14(10-16)11-17(24)23-15(12-26-18(23)25)9-13-5-2-1-3-6-13/h1-8,10,15H,9,11-12H2. The minimum atomic E-state index is -4.82. The Labute approximate surface area is 153 Å². The van der Waals surface area contributed by atoms with Crippen molar-refractivity contribution < 1.29 is 32.2 Å². The fraction of sp³-hybridized carbons (Fsp3) is 0.263. The van der Waals surface area contributed by atoms with Crippen LogP contribution in [0.25, 0.3) is 0 Å². The summed E-state index contributed by atoms with van der Waals surface area (Å²) < 4.78 is 45.8. The first-order valence-electron chi connectivity index (χ1n) is 8.19. The van der Waals surface area contributed by atoms with Crippen LogP contribution in [-0.4, -0.2) is 35.9 Å². The van der Waals surface area contributed by atoms with Gasteiger partial charge < -0.3 is 9.47 Å². The van der Waals surface area contributed by atoms with E-state index in [1.807, 2.05) is 30.3 Å². The number of benzene rings is 2. The van der Waals surface area contributed by atoms with E-state index in [-0.39, 0.29) is 13.0 Å². The maximum absolute atomic E-state index is 12.6. The highest BCUT2D eigenvalue weighted by Gasteiger charge is 2.37. The smallest absolute Gasteiger partial charge is 0.447 e. The Morgan fingerprint density at radius 2 is 1.81 bits per heavy atom. The van der Waals surface area contributed by atoms with E-state index in [0.717, 1.165) is 22.6 Å². The first-order chi connectivity index (χ1) is 12.8. The molecule has 8 heteroatoms. The number of ether oxygens (including phenoxy) is 2. The van der Waals surface area contributed by atoms with Crippen molar-refractivity contribution in [3.05, 3.63) is 65.7 Å². The number of hydrogen-bond donors (Lipinski definition) is 0. The first kappa shape index (κ1) is 18.8. The Morgan fingerprint density at radius 3 is 2.52 bits per heavy atom. The highest BCUT2D eigenvalue weighted by molar-refractivity contribution is 5.94. The summed E-state index contributed by atoms with van der Waals surface area (Å²) in [6.07, 6.45) is -5.36. The largest absolute Gasteiger partial charge is 0.573 e. The maximum atomic E-state index is 12.6. The van der Waals surface area contributed by atoms with Gasteiger partial charge in [0.2, 0.25) is 5.91 Å². The van der Waals surface area contributed by atoms with Gasteiger partial charge >= 0.3 is 12.5 Å². The summed E-state index contributed by atoms with van der Waals surface area (Å²) in [5.41, 5.74) is 1.25. The van der Waals surface area contributed by atoms with E-state index < -0.39 is 30.2 Å². The molecule has 0 bridgehead atoms. The lowest BCUT2D eigenvalue weighted by Crippen LogP contribution is -2.41. The Balaban J connectivity index is 1.70. The number of hydrogen-bond acceptors (Lipinski definition) is 4. The van der Waals surface area contributed by atoms with E-state index in [1.165, 1.54) is 12.1 Å². The maximum Gasteiger partial charge on any atom is 0.573 e. The number of amides is 2. The number of alkyl halides is 3. The van der Waals surface area contributed by atoms with Gasteiger partial charge in [-0.2, -0.15) is 0 Å². The summed E-state index contributed by atoms with van der Waals surface area (Å²) in [7, 11) is 0. The van der Waals surface area contributed by atoms with Crippen molar-refractivity contribution in [1.29, 1.82) is 0 Å². The van der Waals surface area contributed by atoms with Crippen LogP contribution in [0.5, 0.6) is 5.75 Å². The van der Waals surface area contributed by atoms with Crippen molar-refractivity contribution in [1.82, 2.24) is 4.90 Å². The average Bonchev–Trinajstić information content (AvgIpc) is 2.95. The molecule has 27 heavy (non-hydrogen) atoms. The van der Waals surface area contributed by atoms with Crippen molar-refractivity contribution in [2.24, 2.45) is 0 Å². The molecule has 142 valence electrons. The van der Waals surface area contributed by atoms with E-state index in [4.69, 9.17) is 4.74 Å². The van der Waals surface area contributed by atoms with Gasteiger partial charge in [0, 0.05) is 0 Å². The normalized spacial score (nSPS) is 16.9. The molecular weight excluding hydrogens is 363 g/mol. The Hall–Kier alpha value is -3.03. The van der Waals surface area contributed by atoms with Gasteiger partial charge in [-0.15, -0.1) is 13.2 Å². The van der Waals surface area contributed by atoms with E-state index in [2.05, 4.69) is 4.74 Å². The molecule has 1 fully saturated rings. The van der Waals surface area contributed by atoms with Crippen molar-refractivity contribution >= 4 is 12.0 Å². The number of halogens is 3. The van der Waals surface area contributed by atoms with Crippen molar-refractivity contribution in [3.63, 3.8) is 0 Å². The molecule has 1 heterocycles. The van der Waals surface area contributed by atoms with Crippen LogP contribution in [0.2, 0.25) is 0 Å². The van der Waals surface area contributed by atoms with Gasteiger partial charge in [-0.1, -0.05) is 42.5 Å². The third kappa shape index (κ3) is 4.99. The molecule has 0 N–H and O–H groups in total. The third-order valence-corrected chi connectivity index (χ3v) is 4.03. The number of rotatable bonds is 5. The summed E-state index contributed by atoms with van der Waals surface area (Å²) >= 11 is 0. The summed E-state index contributed by atoms with van der Waals surface area (Å²) in [5.74, 6) is -0.958. The average molecular weight is 379 g/mol. The monoisotopic (exact) mass is 379 g/mol. The van der Waals surface area contributed by atoms with Crippen LogP contribution >= 0.6 is 0 Å². The molecule has 0 aliphatic carbocycles. The molecule has 1 saturated heterocycles. The van der Waals surface area contributed by atoms with Gasteiger partial charge in [-0.25, -0.2) is 9.69 Å². The van der Waals surface area contributed by atoms with E-state index in [1.54, 1.807) is 0 Å². The highest BCUT2D eigenvalue weighted by Crippen LogP contribution is 2.24. The van der Waals surface area contributed by atoms with Gasteiger partial charge in [0.1, 0.15) is 12.4 Å². The minimum Gasteiger partial charge on any atom is -0.447 e. The molecule has 2 aromatic carbocycles. The van der Waals surface area contributed by atoms with Crippen LogP contribution in [0, 0.1) is 0 Å². The van der Waals surface area contributed by atoms with Crippen LogP contribution in [0.3, 0.4) is 0 Å². The lowest BCUT2D eigenvalue weighted by molar-refractivity contribution is -0.274. The molecule has 0 saturated carbocycles. The lowest BCUT2D eigenvalue weighted by atomic mass is 10.0. The molecular formula is C19H16F3NO4. The zero-order valence-electron chi connectivity index (χ0n) is 14.1. The molecule has 0 spiro atoms. The summed E-state index contributed by atoms with van der Waals surface area (Å²) in [5, 5.41) is 0. The molecule has 1 unspecified atom stereocenters. The predicted octanol–water partition coefficient (Wildman–Crippen LogP) is 3.72. The number of nitrogens with zero attached hydrogens (tertiary/aromatic N) is 1. The first-order valence-corrected chi connectivity index (χ1v) is 8.19. The second-order valence-electron chi connectivity index (χ2n) is 6.06. The fourth-order valence-corrected chi connectivity index (χ4v) is 2.91. The quantitative estimate of drug-likeness (QED) is 0.795. The molecule has 2 amide bonds. The summed E-state index contributed by atoms with van der Waals surface area (Å²) in [6, 6.07) is 14.0. The zero-order valence-corrected chi connectivity index (χ0v) is 14.1. The molecule has 5 nitrogen and oxygen atoms in total. The van der Waals surface area contributed by atoms with Crippen molar-refractivity contribution in [2.75, 3.05) is 6.61 Å². The fourth-order valence-electron chi connectivity index (χ4n) is 2.91. The van der Waals surface area contributed by atoms with Gasteiger partial charge in [-0.3, -0.25) is 4.79 Å². The summed E-state index contributed by atoms with van der Waals surface area (Å²) in [4.78, 5) is 25.6. The van der Waals surface area contributed by atoms with E-state index in [9.17, 15) is 22.8 Å². The van der Waals surface area contributed by atoms with Crippen LogP contribution in [0.1, 0.15) is 11.1 Å². The predicted molar refractivity (Wildman–Crippen MR) is 89.0 cm³/mol. The second kappa shape index (κ2) is 7.69. The van der Waals surface area contributed by atoms with Crippen molar-refractivity contribution in [3.8, 4) is 5.75 Å². The van der Waals surface area contributed by atoms with Gasteiger partial charge in [0.05, 0.1) is 12.5 Å². The topological polar surface area (TPSA) is 55.8 Å². The molecule has 3 rings (SSSR count). The number of carbonyl (C=O) groups is 2. The Bertz CT molecular complexity index is 823. The molecule has 1 atom stereocenters. The molecule has 0 radical (unpaired) electrons. The van der Waals surface area contributed by atoms with Crippen LogP contribution in [0.15, 0.2) is 54.6 Å². The molecule has 1 aliphatic rings. The Morgan fingerprint density at radius 1 is 1.11 bits per heavy atom. The number of cyclic esters (lactones) is 1. The molecule has 0 aromatic heterocycles. The molecule has 1 aliphatic heterocycles. The van der Waals surface area contributed by atoms with E-state index in [0.29, 0.717) is 12.0 Å².